The van der Waals surface area contributed by atoms with Crippen molar-refractivity contribution >= 4 is 17.7 Å². The molecule has 0 radical (unpaired) electrons. The third kappa shape index (κ3) is 3.51. The third-order valence-electron chi connectivity index (χ3n) is 5.67. The van der Waals surface area contributed by atoms with Gasteiger partial charge in [0.1, 0.15) is 17.4 Å². The van der Waals surface area contributed by atoms with Crippen molar-refractivity contribution in [3.8, 4) is 5.75 Å². The highest BCUT2D eigenvalue weighted by Gasteiger charge is 2.48. The molecule has 4 rings (SSSR count). The highest BCUT2D eigenvalue weighted by atomic mass is 16.5. The number of hydrogen-bond acceptors (Lipinski definition) is 6. The van der Waals surface area contributed by atoms with Gasteiger partial charge in [0.05, 0.1) is 20.0 Å². The lowest BCUT2D eigenvalue weighted by atomic mass is 9.69. The number of hydrogen-bond donors (Lipinski definition) is 1. The molecule has 1 aromatic carbocycles. The fraction of sp³-hybridized carbons (Fsp3) is 0.348. The summed E-state index contributed by atoms with van der Waals surface area (Å²) in [6, 6.07) is 10.8. The average molecular weight is 409 g/mol. The number of methoxy groups -OCH3 is 1. The van der Waals surface area contributed by atoms with Crippen molar-refractivity contribution in [2.24, 2.45) is 5.92 Å². The lowest BCUT2D eigenvalue weighted by molar-refractivity contribution is -0.152. The largest absolute Gasteiger partial charge is 0.497 e. The molecule has 2 aliphatic rings. The molecule has 0 saturated carbocycles. The van der Waals surface area contributed by atoms with Crippen molar-refractivity contribution in [3.63, 3.8) is 0 Å². The molecular formula is C23H23NO6. The minimum absolute atomic E-state index is 0.124. The number of rotatable bonds is 5. The number of furan rings is 1. The van der Waals surface area contributed by atoms with E-state index in [0.29, 0.717) is 29.2 Å². The minimum Gasteiger partial charge on any atom is -0.497 e. The van der Waals surface area contributed by atoms with Crippen LogP contribution in [0, 0.1) is 5.92 Å². The van der Waals surface area contributed by atoms with Crippen LogP contribution in [0.15, 0.2) is 58.3 Å². The van der Waals surface area contributed by atoms with Crippen molar-refractivity contribution in [2.45, 2.75) is 31.6 Å². The van der Waals surface area contributed by atoms with Crippen LogP contribution in [0.25, 0.3) is 0 Å². The number of carbonyl (C=O) groups excluding carboxylic acids is 3. The van der Waals surface area contributed by atoms with E-state index in [1.807, 2.05) is 18.2 Å². The Morgan fingerprint density at radius 1 is 1.20 bits per heavy atom. The molecule has 156 valence electrons. The summed E-state index contributed by atoms with van der Waals surface area (Å²) in [5.41, 5.74) is 1.80. The summed E-state index contributed by atoms with van der Waals surface area (Å²) in [7, 11) is 1.56. The van der Waals surface area contributed by atoms with Crippen LogP contribution in [0.4, 0.5) is 0 Å². The number of Topliss-reactive ketones (excluding diaryl/α,β-unsaturated/α-hetero) is 1. The van der Waals surface area contributed by atoms with Gasteiger partial charge in [-0.15, -0.1) is 0 Å². The molecule has 3 atom stereocenters. The van der Waals surface area contributed by atoms with E-state index in [0.717, 1.165) is 5.56 Å². The van der Waals surface area contributed by atoms with Crippen LogP contribution in [0.2, 0.25) is 0 Å². The van der Waals surface area contributed by atoms with Crippen LogP contribution in [0.5, 0.6) is 5.75 Å². The summed E-state index contributed by atoms with van der Waals surface area (Å²) >= 11 is 0. The topological polar surface area (TPSA) is 94.8 Å². The van der Waals surface area contributed by atoms with E-state index in [4.69, 9.17) is 13.9 Å². The third-order valence-corrected chi connectivity index (χ3v) is 5.67. The maximum absolute atomic E-state index is 13.6. The lowest BCUT2D eigenvalue weighted by Gasteiger charge is -2.37. The van der Waals surface area contributed by atoms with Gasteiger partial charge in [0.25, 0.3) is 0 Å². The Kier molecular flexibility index (Phi) is 5.44. The molecule has 7 heteroatoms. The zero-order chi connectivity index (χ0) is 21.3. The Bertz CT molecular complexity index is 1010. The number of nitrogens with one attached hydrogen (secondary N) is 1. The van der Waals surface area contributed by atoms with Crippen LogP contribution in [0.1, 0.15) is 42.9 Å². The van der Waals surface area contributed by atoms with Gasteiger partial charge in [0.2, 0.25) is 5.91 Å². The summed E-state index contributed by atoms with van der Waals surface area (Å²) in [4.78, 5) is 38.9. The second kappa shape index (κ2) is 8.18. The first kappa shape index (κ1) is 19.9. The van der Waals surface area contributed by atoms with E-state index in [2.05, 4.69) is 5.32 Å². The molecule has 1 aliphatic heterocycles. The highest BCUT2D eigenvalue weighted by Crippen LogP contribution is 2.46. The van der Waals surface area contributed by atoms with Gasteiger partial charge in [-0.2, -0.15) is 0 Å². The van der Waals surface area contributed by atoms with Gasteiger partial charge < -0.3 is 19.2 Å². The fourth-order valence-electron chi connectivity index (χ4n) is 4.37. The van der Waals surface area contributed by atoms with Crippen LogP contribution in [-0.4, -0.2) is 31.4 Å². The summed E-state index contributed by atoms with van der Waals surface area (Å²) in [6.45, 7) is 1.88. The SMILES string of the molecule is CCOC(=O)[C@@H]1C(=O)C2=C(C[C@H]1c1ccco1)NC(=O)C[C@@H]2c1cccc(OC)c1. The Morgan fingerprint density at radius 2 is 2.03 bits per heavy atom. The Morgan fingerprint density at radius 3 is 2.73 bits per heavy atom. The van der Waals surface area contributed by atoms with Gasteiger partial charge in [-0.3, -0.25) is 14.4 Å². The number of amides is 1. The minimum atomic E-state index is -1.02. The molecule has 7 nitrogen and oxygen atoms in total. The van der Waals surface area contributed by atoms with Crippen molar-refractivity contribution in [1.82, 2.24) is 5.32 Å². The van der Waals surface area contributed by atoms with Gasteiger partial charge in [-0.05, 0) is 43.2 Å². The molecule has 1 amide bonds. The summed E-state index contributed by atoms with van der Waals surface area (Å²) in [6.07, 6.45) is 1.94. The van der Waals surface area contributed by atoms with Gasteiger partial charge in [0, 0.05) is 29.5 Å². The molecule has 0 fully saturated rings. The van der Waals surface area contributed by atoms with Gasteiger partial charge in [-0.1, -0.05) is 12.1 Å². The van der Waals surface area contributed by atoms with E-state index >= 15 is 0 Å². The monoisotopic (exact) mass is 409 g/mol. The van der Waals surface area contributed by atoms with Gasteiger partial charge in [0.15, 0.2) is 5.78 Å². The molecule has 0 bridgehead atoms. The number of esters is 1. The van der Waals surface area contributed by atoms with Gasteiger partial charge in [-0.25, -0.2) is 0 Å². The predicted molar refractivity (Wildman–Crippen MR) is 107 cm³/mol. The van der Waals surface area contributed by atoms with E-state index in [1.165, 1.54) is 6.26 Å². The predicted octanol–water partition coefficient (Wildman–Crippen LogP) is 3.08. The normalized spacial score (nSPS) is 23.6. The number of benzene rings is 1. The first-order valence-corrected chi connectivity index (χ1v) is 9.94. The maximum Gasteiger partial charge on any atom is 0.317 e. The van der Waals surface area contributed by atoms with Crippen molar-refractivity contribution in [3.05, 3.63) is 65.3 Å². The molecule has 30 heavy (non-hydrogen) atoms. The molecule has 1 N–H and O–H groups in total. The van der Waals surface area contributed by atoms with Crippen molar-refractivity contribution in [1.29, 1.82) is 0 Å². The number of ether oxygens (including phenoxy) is 2. The highest BCUT2D eigenvalue weighted by molar-refractivity contribution is 6.12. The quantitative estimate of drug-likeness (QED) is 0.602. The Balaban J connectivity index is 1.81. The maximum atomic E-state index is 13.6. The number of carbonyl (C=O) groups is 3. The lowest BCUT2D eigenvalue weighted by Crippen LogP contribution is -2.44. The summed E-state index contributed by atoms with van der Waals surface area (Å²) in [5, 5.41) is 2.86. The zero-order valence-electron chi connectivity index (χ0n) is 16.8. The summed E-state index contributed by atoms with van der Waals surface area (Å²) < 4.78 is 16.0. The molecule has 2 aromatic rings. The molecule has 1 aliphatic carbocycles. The first-order chi connectivity index (χ1) is 14.5. The number of allylic oxidation sites excluding steroid dienone is 2. The van der Waals surface area contributed by atoms with Gasteiger partial charge >= 0.3 is 5.97 Å². The van der Waals surface area contributed by atoms with Crippen LogP contribution >= 0.6 is 0 Å². The Hall–Kier alpha value is -3.35. The molecule has 0 unspecified atom stereocenters. The average Bonchev–Trinajstić information content (AvgIpc) is 3.27. The zero-order valence-corrected chi connectivity index (χ0v) is 16.8. The molecule has 0 saturated heterocycles. The standard InChI is InChI=1S/C23H23NO6/c1-3-29-23(27)21-16(18-8-5-9-30-18)11-17-20(22(21)26)15(12-19(25)24-17)13-6-4-7-14(10-13)28-2/h4-10,15-16,21H,3,11-12H2,1-2H3,(H,24,25)/t15-,16+,21+/m1/s1. The second-order valence-corrected chi connectivity index (χ2v) is 7.39. The smallest absolute Gasteiger partial charge is 0.317 e. The Labute approximate surface area is 174 Å². The second-order valence-electron chi connectivity index (χ2n) is 7.39. The molecule has 2 heterocycles. The van der Waals surface area contributed by atoms with E-state index < -0.39 is 23.7 Å². The molecular weight excluding hydrogens is 386 g/mol. The van der Waals surface area contributed by atoms with E-state index in [1.54, 1.807) is 32.2 Å². The number of ketones is 1. The van der Waals surface area contributed by atoms with E-state index in [-0.39, 0.29) is 24.7 Å². The first-order valence-electron chi connectivity index (χ1n) is 9.94. The fourth-order valence-corrected chi connectivity index (χ4v) is 4.37. The van der Waals surface area contributed by atoms with E-state index in [9.17, 15) is 14.4 Å². The summed E-state index contributed by atoms with van der Waals surface area (Å²) in [5.74, 6) is -1.91. The van der Waals surface area contributed by atoms with Crippen LogP contribution < -0.4 is 10.1 Å². The van der Waals surface area contributed by atoms with Crippen LogP contribution in [0.3, 0.4) is 0 Å². The van der Waals surface area contributed by atoms with Crippen molar-refractivity contribution < 1.29 is 28.3 Å². The van der Waals surface area contributed by atoms with Crippen LogP contribution in [-0.2, 0) is 19.1 Å². The molecule has 1 aromatic heterocycles. The van der Waals surface area contributed by atoms with Crippen molar-refractivity contribution in [2.75, 3.05) is 13.7 Å². The molecule has 0 spiro atoms.